The van der Waals surface area contributed by atoms with Gasteiger partial charge in [0.2, 0.25) is 0 Å². The van der Waals surface area contributed by atoms with Crippen LogP contribution < -0.4 is 0 Å². The lowest BCUT2D eigenvalue weighted by atomic mass is 9.99. The van der Waals surface area contributed by atoms with E-state index < -0.39 is 5.97 Å². The number of hydrogen-bond acceptors (Lipinski definition) is 3. The topological polar surface area (TPSA) is 37.3 Å². The van der Waals surface area contributed by atoms with Gasteiger partial charge in [-0.3, -0.25) is 4.79 Å². The Bertz CT molecular complexity index is 185. The molecule has 2 unspecified atom stereocenters. The van der Waals surface area contributed by atoms with Crippen molar-refractivity contribution in [1.29, 1.82) is 0 Å². The molecule has 4 heteroatoms. The highest BCUT2D eigenvalue weighted by molar-refractivity contribution is 8.77. The molecule has 1 N–H and O–H groups in total. The van der Waals surface area contributed by atoms with Crippen molar-refractivity contribution in [3.8, 4) is 0 Å². The summed E-state index contributed by atoms with van der Waals surface area (Å²) in [5.41, 5.74) is 0. The van der Waals surface area contributed by atoms with E-state index in [9.17, 15) is 4.79 Å². The Balaban J connectivity index is 2.07. The zero-order chi connectivity index (χ0) is 10.4. The van der Waals surface area contributed by atoms with Crippen LogP contribution in [-0.4, -0.2) is 22.1 Å². The second-order valence-corrected chi connectivity index (χ2v) is 6.59. The van der Waals surface area contributed by atoms with Crippen LogP contribution in [0.3, 0.4) is 0 Å². The normalized spacial score (nSPS) is 27.5. The van der Waals surface area contributed by atoms with Crippen molar-refractivity contribution < 1.29 is 9.90 Å². The summed E-state index contributed by atoms with van der Waals surface area (Å²) in [4.78, 5) is 10.3. The lowest BCUT2D eigenvalue weighted by Gasteiger charge is -2.27. The van der Waals surface area contributed by atoms with Crippen molar-refractivity contribution in [2.75, 3.05) is 5.75 Å². The summed E-state index contributed by atoms with van der Waals surface area (Å²) in [6.45, 7) is 2.31. The molecule has 0 radical (unpaired) electrons. The van der Waals surface area contributed by atoms with Gasteiger partial charge in [-0.2, -0.15) is 0 Å². The molecule has 0 aromatic carbocycles. The van der Waals surface area contributed by atoms with Crippen LogP contribution >= 0.6 is 21.6 Å². The number of aliphatic carboxylic acids is 1. The summed E-state index contributed by atoms with van der Waals surface area (Å²) < 4.78 is 0. The summed E-state index contributed by atoms with van der Waals surface area (Å²) >= 11 is 0. The molecule has 1 fully saturated rings. The third-order valence-electron chi connectivity index (χ3n) is 2.61. The molecular weight excluding hydrogens is 216 g/mol. The quantitative estimate of drug-likeness (QED) is 0.584. The first kappa shape index (κ1) is 12.2. The molecule has 0 bridgehead atoms. The standard InChI is InChI=1S/C10H18O2S2/c1-8-6-7-13-14-9(8)4-2-3-5-10(11)12/h8-9H,2-7H2,1H3,(H,11,12). The van der Waals surface area contributed by atoms with E-state index in [2.05, 4.69) is 6.92 Å². The first-order valence-electron chi connectivity index (χ1n) is 5.20. The van der Waals surface area contributed by atoms with Crippen LogP contribution in [-0.2, 0) is 4.79 Å². The zero-order valence-corrected chi connectivity index (χ0v) is 10.2. The number of rotatable bonds is 5. The van der Waals surface area contributed by atoms with Gasteiger partial charge in [-0.05, 0) is 25.2 Å². The minimum Gasteiger partial charge on any atom is -0.481 e. The van der Waals surface area contributed by atoms with Crippen LogP contribution in [0, 0.1) is 5.92 Å². The first-order chi connectivity index (χ1) is 6.70. The van der Waals surface area contributed by atoms with Gasteiger partial charge >= 0.3 is 5.97 Å². The van der Waals surface area contributed by atoms with Gasteiger partial charge in [0.25, 0.3) is 0 Å². The minimum atomic E-state index is -0.663. The number of carboxylic acids is 1. The Morgan fingerprint density at radius 1 is 1.50 bits per heavy atom. The summed E-state index contributed by atoms with van der Waals surface area (Å²) in [6.07, 6.45) is 4.74. The van der Waals surface area contributed by atoms with Crippen molar-refractivity contribution in [1.82, 2.24) is 0 Å². The van der Waals surface area contributed by atoms with Gasteiger partial charge < -0.3 is 5.11 Å². The Hall–Kier alpha value is 0.170. The molecule has 0 aliphatic carbocycles. The second kappa shape index (κ2) is 6.62. The van der Waals surface area contributed by atoms with Gasteiger partial charge in [0, 0.05) is 17.4 Å². The Kier molecular flexibility index (Phi) is 5.78. The summed E-state index contributed by atoms with van der Waals surface area (Å²) in [5.74, 6) is 1.42. The maximum Gasteiger partial charge on any atom is 0.303 e. The second-order valence-electron chi connectivity index (χ2n) is 3.86. The van der Waals surface area contributed by atoms with Gasteiger partial charge in [0.15, 0.2) is 0 Å². The molecule has 1 aliphatic rings. The molecule has 0 amide bonds. The molecule has 0 aromatic rings. The number of hydrogen-bond donors (Lipinski definition) is 1. The molecule has 2 atom stereocenters. The van der Waals surface area contributed by atoms with Crippen LogP contribution in [0.15, 0.2) is 0 Å². The number of carbonyl (C=O) groups is 1. The smallest absolute Gasteiger partial charge is 0.303 e. The molecule has 2 nitrogen and oxygen atoms in total. The molecule has 82 valence electrons. The number of carboxylic acid groups (broad SMARTS) is 1. The molecule has 0 saturated carbocycles. The maximum absolute atomic E-state index is 10.3. The fourth-order valence-corrected chi connectivity index (χ4v) is 4.89. The largest absolute Gasteiger partial charge is 0.481 e. The highest BCUT2D eigenvalue weighted by Crippen LogP contribution is 2.41. The molecule has 0 aromatic heterocycles. The average molecular weight is 234 g/mol. The lowest BCUT2D eigenvalue weighted by molar-refractivity contribution is -0.137. The van der Waals surface area contributed by atoms with Crippen molar-refractivity contribution in [3.05, 3.63) is 0 Å². The predicted molar refractivity (Wildman–Crippen MR) is 63.7 cm³/mol. The molecule has 14 heavy (non-hydrogen) atoms. The van der Waals surface area contributed by atoms with E-state index in [1.165, 1.54) is 18.6 Å². The molecule has 1 aliphatic heterocycles. The Morgan fingerprint density at radius 2 is 2.29 bits per heavy atom. The maximum atomic E-state index is 10.3. The molecular formula is C10H18O2S2. The molecule has 1 saturated heterocycles. The summed E-state index contributed by atoms with van der Waals surface area (Å²) in [7, 11) is 3.97. The minimum absolute atomic E-state index is 0.332. The van der Waals surface area contributed by atoms with Crippen LogP contribution in [0.25, 0.3) is 0 Å². The van der Waals surface area contributed by atoms with E-state index in [1.807, 2.05) is 21.6 Å². The van der Waals surface area contributed by atoms with Gasteiger partial charge in [-0.1, -0.05) is 34.9 Å². The summed E-state index contributed by atoms with van der Waals surface area (Å²) in [5, 5.41) is 9.25. The van der Waals surface area contributed by atoms with Crippen molar-refractivity contribution in [2.24, 2.45) is 5.92 Å². The van der Waals surface area contributed by atoms with Gasteiger partial charge in [-0.25, -0.2) is 0 Å². The monoisotopic (exact) mass is 234 g/mol. The van der Waals surface area contributed by atoms with Gasteiger partial charge in [0.1, 0.15) is 0 Å². The van der Waals surface area contributed by atoms with E-state index in [0.717, 1.165) is 24.0 Å². The fourth-order valence-electron chi connectivity index (χ4n) is 1.60. The van der Waals surface area contributed by atoms with Gasteiger partial charge in [0.05, 0.1) is 0 Å². The molecule has 0 spiro atoms. The highest BCUT2D eigenvalue weighted by Gasteiger charge is 2.21. The van der Waals surface area contributed by atoms with E-state index in [1.54, 1.807) is 0 Å². The van der Waals surface area contributed by atoms with E-state index in [0.29, 0.717) is 6.42 Å². The van der Waals surface area contributed by atoms with Crippen LogP contribution in [0.5, 0.6) is 0 Å². The predicted octanol–water partition coefficient (Wildman–Crippen LogP) is 3.42. The Morgan fingerprint density at radius 3 is 2.93 bits per heavy atom. The molecule has 1 heterocycles. The fraction of sp³-hybridized carbons (Fsp3) is 0.900. The SMILES string of the molecule is CC1CCSSC1CCCCC(=O)O. The third kappa shape index (κ3) is 4.60. The number of unbranched alkanes of at least 4 members (excludes halogenated alkanes) is 1. The lowest BCUT2D eigenvalue weighted by Crippen LogP contribution is -2.17. The van der Waals surface area contributed by atoms with E-state index in [-0.39, 0.29) is 0 Å². The van der Waals surface area contributed by atoms with Crippen molar-refractivity contribution >= 4 is 27.6 Å². The van der Waals surface area contributed by atoms with E-state index in [4.69, 9.17) is 5.11 Å². The van der Waals surface area contributed by atoms with Crippen LogP contribution in [0.2, 0.25) is 0 Å². The first-order valence-corrected chi connectivity index (χ1v) is 7.58. The van der Waals surface area contributed by atoms with Crippen LogP contribution in [0.4, 0.5) is 0 Å². The average Bonchev–Trinajstić information content (AvgIpc) is 2.15. The van der Waals surface area contributed by atoms with Crippen LogP contribution in [0.1, 0.15) is 39.0 Å². The van der Waals surface area contributed by atoms with Crippen molar-refractivity contribution in [2.45, 2.75) is 44.3 Å². The third-order valence-corrected chi connectivity index (χ3v) is 5.75. The van der Waals surface area contributed by atoms with E-state index >= 15 is 0 Å². The summed E-state index contributed by atoms with van der Waals surface area (Å²) in [6, 6.07) is 0. The zero-order valence-electron chi connectivity index (χ0n) is 8.57. The van der Waals surface area contributed by atoms with Crippen molar-refractivity contribution in [3.63, 3.8) is 0 Å². The molecule has 1 rings (SSSR count). The highest BCUT2D eigenvalue weighted by atomic mass is 33.1. The Labute approximate surface area is 93.6 Å². The van der Waals surface area contributed by atoms with Gasteiger partial charge in [-0.15, -0.1) is 0 Å².